The summed E-state index contributed by atoms with van der Waals surface area (Å²) < 4.78 is 37.1. The second-order valence-corrected chi connectivity index (χ2v) is 4.14. The SMILES string of the molecule is CS(=O)(=O)OC[C@H]1C[C@@H]1F. The van der Waals surface area contributed by atoms with Gasteiger partial charge in [-0.2, -0.15) is 8.42 Å². The van der Waals surface area contributed by atoms with Crippen molar-refractivity contribution in [1.29, 1.82) is 0 Å². The van der Waals surface area contributed by atoms with Crippen LogP contribution in [-0.2, 0) is 14.3 Å². The Bertz CT molecular complexity index is 211. The van der Waals surface area contributed by atoms with Crippen LogP contribution < -0.4 is 0 Å². The highest BCUT2D eigenvalue weighted by Gasteiger charge is 2.38. The number of hydrogen-bond donors (Lipinski definition) is 0. The summed E-state index contributed by atoms with van der Waals surface area (Å²) in [5.41, 5.74) is 0. The summed E-state index contributed by atoms with van der Waals surface area (Å²) >= 11 is 0. The average Bonchev–Trinajstić information content (AvgIpc) is 2.40. The molecule has 1 saturated carbocycles. The Morgan fingerprint density at radius 1 is 1.70 bits per heavy atom. The molecule has 60 valence electrons. The minimum atomic E-state index is -3.37. The van der Waals surface area contributed by atoms with Gasteiger partial charge in [0, 0.05) is 5.92 Å². The van der Waals surface area contributed by atoms with Crippen molar-refractivity contribution < 1.29 is 17.0 Å². The van der Waals surface area contributed by atoms with Crippen LogP contribution in [0.1, 0.15) is 6.42 Å². The summed E-state index contributed by atoms with van der Waals surface area (Å²) in [7, 11) is -3.37. The second kappa shape index (κ2) is 2.47. The number of alkyl halides is 1. The van der Waals surface area contributed by atoms with Crippen molar-refractivity contribution in [1.82, 2.24) is 0 Å². The second-order valence-electron chi connectivity index (χ2n) is 2.50. The van der Waals surface area contributed by atoms with E-state index >= 15 is 0 Å². The first-order valence-electron chi connectivity index (χ1n) is 2.97. The van der Waals surface area contributed by atoms with Crippen LogP contribution >= 0.6 is 0 Å². The minimum Gasteiger partial charge on any atom is -0.270 e. The zero-order valence-electron chi connectivity index (χ0n) is 5.58. The molecular formula is C5H9FO3S. The van der Waals surface area contributed by atoms with E-state index in [2.05, 4.69) is 4.18 Å². The molecule has 0 bridgehead atoms. The zero-order chi connectivity index (χ0) is 7.78. The van der Waals surface area contributed by atoms with Crippen molar-refractivity contribution in [3.63, 3.8) is 0 Å². The molecule has 0 aromatic carbocycles. The predicted octanol–water partition coefficient (Wildman–Crippen LogP) is 0.321. The highest BCUT2D eigenvalue weighted by molar-refractivity contribution is 7.85. The molecule has 0 spiro atoms. The Hall–Kier alpha value is -0.160. The van der Waals surface area contributed by atoms with Crippen LogP contribution in [0.4, 0.5) is 4.39 Å². The fourth-order valence-corrected chi connectivity index (χ4v) is 1.02. The average molecular weight is 168 g/mol. The molecular weight excluding hydrogens is 159 g/mol. The summed E-state index contributed by atoms with van der Waals surface area (Å²) in [5.74, 6) is -0.185. The molecule has 0 amide bonds. The van der Waals surface area contributed by atoms with Crippen LogP contribution in [0.25, 0.3) is 0 Å². The number of rotatable bonds is 3. The predicted molar refractivity (Wildman–Crippen MR) is 33.8 cm³/mol. The van der Waals surface area contributed by atoms with E-state index < -0.39 is 16.3 Å². The van der Waals surface area contributed by atoms with Crippen molar-refractivity contribution in [2.45, 2.75) is 12.6 Å². The van der Waals surface area contributed by atoms with Crippen LogP contribution in [0.3, 0.4) is 0 Å². The summed E-state index contributed by atoms with van der Waals surface area (Å²) in [4.78, 5) is 0. The summed E-state index contributed by atoms with van der Waals surface area (Å²) in [6, 6.07) is 0. The van der Waals surface area contributed by atoms with E-state index in [0.717, 1.165) is 6.26 Å². The quantitative estimate of drug-likeness (QED) is 0.570. The largest absolute Gasteiger partial charge is 0.270 e. The fourth-order valence-electron chi connectivity index (χ4n) is 0.594. The van der Waals surface area contributed by atoms with Crippen LogP contribution in [0.15, 0.2) is 0 Å². The molecule has 1 aliphatic rings. The lowest BCUT2D eigenvalue weighted by Gasteiger charge is -1.96. The van der Waals surface area contributed by atoms with Crippen molar-refractivity contribution in [2.24, 2.45) is 5.92 Å². The van der Waals surface area contributed by atoms with Gasteiger partial charge in [0.05, 0.1) is 12.9 Å². The van der Waals surface area contributed by atoms with Gasteiger partial charge in [0.15, 0.2) is 0 Å². The number of hydrogen-bond acceptors (Lipinski definition) is 3. The molecule has 3 nitrogen and oxygen atoms in total. The molecule has 5 heteroatoms. The standard InChI is InChI=1S/C5H9FO3S/c1-10(7,8)9-3-4-2-5(4)6/h4-5H,2-3H2,1H3/t4-,5+/m1/s1. The molecule has 0 unspecified atom stereocenters. The van der Waals surface area contributed by atoms with Gasteiger partial charge in [0.1, 0.15) is 6.17 Å². The van der Waals surface area contributed by atoms with Crippen molar-refractivity contribution in [3.8, 4) is 0 Å². The molecule has 0 radical (unpaired) electrons. The highest BCUT2D eigenvalue weighted by Crippen LogP contribution is 2.33. The van der Waals surface area contributed by atoms with E-state index in [1.54, 1.807) is 0 Å². The van der Waals surface area contributed by atoms with Gasteiger partial charge in [0.25, 0.3) is 10.1 Å². The lowest BCUT2D eigenvalue weighted by molar-refractivity contribution is 0.285. The molecule has 0 heterocycles. The third kappa shape index (κ3) is 2.62. The third-order valence-corrected chi connectivity index (χ3v) is 1.90. The Morgan fingerprint density at radius 3 is 2.50 bits per heavy atom. The lowest BCUT2D eigenvalue weighted by atomic mass is 10.5. The van der Waals surface area contributed by atoms with Gasteiger partial charge in [-0.25, -0.2) is 4.39 Å². The van der Waals surface area contributed by atoms with E-state index in [0.29, 0.717) is 6.42 Å². The molecule has 2 atom stereocenters. The summed E-state index contributed by atoms with van der Waals surface area (Å²) in [5, 5.41) is 0. The lowest BCUT2D eigenvalue weighted by Crippen LogP contribution is -2.06. The van der Waals surface area contributed by atoms with Crippen LogP contribution in [0.5, 0.6) is 0 Å². The van der Waals surface area contributed by atoms with Crippen LogP contribution in [0, 0.1) is 5.92 Å². The zero-order valence-corrected chi connectivity index (χ0v) is 6.40. The molecule has 0 N–H and O–H groups in total. The molecule has 0 aliphatic heterocycles. The molecule has 1 aliphatic carbocycles. The smallest absolute Gasteiger partial charge is 0.264 e. The van der Waals surface area contributed by atoms with E-state index in [9.17, 15) is 12.8 Å². The van der Waals surface area contributed by atoms with Gasteiger partial charge in [-0.1, -0.05) is 0 Å². The van der Waals surface area contributed by atoms with Gasteiger partial charge in [-0.05, 0) is 6.42 Å². The maximum absolute atomic E-state index is 12.1. The van der Waals surface area contributed by atoms with Gasteiger partial charge in [-0.15, -0.1) is 0 Å². The van der Waals surface area contributed by atoms with Gasteiger partial charge in [0.2, 0.25) is 0 Å². The Labute approximate surface area is 59.3 Å². The van der Waals surface area contributed by atoms with Crippen LogP contribution in [0.2, 0.25) is 0 Å². The first-order valence-corrected chi connectivity index (χ1v) is 4.79. The molecule has 1 fully saturated rings. The Kier molecular flexibility index (Phi) is 1.96. The van der Waals surface area contributed by atoms with Crippen molar-refractivity contribution in [3.05, 3.63) is 0 Å². The molecule has 10 heavy (non-hydrogen) atoms. The van der Waals surface area contributed by atoms with Gasteiger partial charge >= 0.3 is 0 Å². The maximum Gasteiger partial charge on any atom is 0.264 e. The summed E-state index contributed by atoms with van der Waals surface area (Å²) in [6.45, 7) is 0.000000000000000222. The molecule has 1 rings (SSSR count). The summed E-state index contributed by atoms with van der Waals surface area (Å²) in [6.07, 6.45) is 0.555. The minimum absolute atomic E-state index is 0.000000000000000222. The Balaban J connectivity index is 2.18. The van der Waals surface area contributed by atoms with Crippen molar-refractivity contribution >= 4 is 10.1 Å². The third-order valence-electron chi connectivity index (χ3n) is 1.33. The number of halogens is 1. The van der Waals surface area contributed by atoms with E-state index in [4.69, 9.17) is 0 Å². The molecule has 0 aromatic rings. The Morgan fingerprint density at radius 2 is 2.20 bits per heavy atom. The normalized spacial score (nSPS) is 32.2. The van der Waals surface area contributed by atoms with Gasteiger partial charge in [-0.3, -0.25) is 4.18 Å². The highest BCUT2D eigenvalue weighted by atomic mass is 32.2. The van der Waals surface area contributed by atoms with Crippen LogP contribution in [-0.4, -0.2) is 27.5 Å². The monoisotopic (exact) mass is 168 g/mol. The first kappa shape index (κ1) is 7.94. The molecule has 0 saturated heterocycles. The van der Waals surface area contributed by atoms with Gasteiger partial charge < -0.3 is 0 Å². The fraction of sp³-hybridized carbons (Fsp3) is 1.00. The van der Waals surface area contributed by atoms with Crippen molar-refractivity contribution in [2.75, 3.05) is 12.9 Å². The topological polar surface area (TPSA) is 43.4 Å². The van der Waals surface area contributed by atoms with E-state index in [1.165, 1.54) is 0 Å². The van der Waals surface area contributed by atoms with E-state index in [-0.39, 0.29) is 12.5 Å². The molecule has 0 aromatic heterocycles. The van der Waals surface area contributed by atoms with E-state index in [1.807, 2.05) is 0 Å². The maximum atomic E-state index is 12.1. The first-order chi connectivity index (χ1) is 4.49.